The minimum Gasteiger partial charge on any atom is -0.497 e. The van der Waals surface area contributed by atoms with Crippen LogP contribution in [-0.4, -0.2) is 42.6 Å². The van der Waals surface area contributed by atoms with Crippen molar-refractivity contribution in [2.45, 2.75) is 25.4 Å². The molecule has 8 nitrogen and oxygen atoms in total. The molecule has 0 aromatic heterocycles. The summed E-state index contributed by atoms with van der Waals surface area (Å²) >= 11 is 0. The van der Waals surface area contributed by atoms with E-state index in [1.54, 1.807) is 41.6 Å². The van der Waals surface area contributed by atoms with Gasteiger partial charge in [-0.05, 0) is 72.5 Å². The Hall–Kier alpha value is -3.91. The Morgan fingerprint density at radius 2 is 1.54 bits per heavy atom. The van der Waals surface area contributed by atoms with E-state index >= 15 is 0 Å². The Kier molecular flexibility index (Phi) is 8.08. The fourth-order valence-corrected chi connectivity index (χ4v) is 4.92. The molecule has 0 amide bonds. The standard InChI is InChI=1S/C29H34N2O6/c1-30-23-9-7-18-13-26(35-4)28(36-5)29(37-6)27(18)21-8-10-24(25(32)15-22(21)23)31-16-17-11-19(33-2)14-20(12-17)34-3/h8,10-15,23,30H,7,9,16H2,1-6H3,(H,31,32)/t23-/m0/s1. The van der Waals surface area contributed by atoms with E-state index in [0.717, 1.165) is 40.7 Å². The van der Waals surface area contributed by atoms with E-state index in [0.29, 0.717) is 41.0 Å². The van der Waals surface area contributed by atoms with Crippen molar-refractivity contribution in [2.75, 3.05) is 47.9 Å². The molecular weight excluding hydrogens is 472 g/mol. The van der Waals surface area contributed by atoms with E-state index in [4.69, 9.17) is 23.7 Å². The fraction of sp³-hybridized carbons (Fsp3) is 0.345. The summed E-state index contributed by atoms with van der Waals surface area (Å²) in [7, 11) is 9.97. The number of methoxy groups -OCH3 is 5. The number of anilines is 1. The Balaban J connectivity index is 1.83. The van der Waals surface area contributed by atoms with Gasteiger partial charge in [0.25, 0.3) is 0 Å². The molecule has 2 N–H and O–H groups in total. The second-order valence-electron chi connectivity index (χ2n) is 8.76. The number of benzene rings is 2. The van der Waals surface area contributed by atoms with E-state index in [1.807, 2.05) is 43.4 Å². The molecule has 0 aliphatic heterocycles. The number of aryl methyl sites for hydroxylation is 1. The van der Waals surface area contributed by atoms with Crippen LogP contribution in [-0.2, 0) is 13.0 Å². The van der Waals surface area contributed by atoms with Gasteiger partial charge in [-0.2, -0.15) is 0 Å². The number of nitrogens with one attached hydrogen (secondary N) is 2. The molecule has 0 spiro atoms. The lowest BCUT2D eigenvalue weighted by Crippen LogP contribution is -2.18. The van der Waals surface area contributed by atoms with E-state index in [1.165, 1.54) is 0 Å². The maximum atomic E-state index is 13.4. The van der Waals surface area contributed by atoms with Crippen molar-refractivity contribution in [2.24, 2.45) is 0 Å². The van der Waals surface area contributed by atoms with Gasteiger partial charge < -0.3 is 34.3 Å². The summed E-state index contributed by atoms with van der Waals surface area (Å²) < 4.78 is 27.9. The van der Waals surface area contributed by atoms with Crippen LogP contribution in [0.3, 0.4) is 0 Å². The van der Waals surface area contributed by atoms with Crippen LogP contribution in [0.1, 0.15) is 29.2 Å². The van der Waals surface area contributed by atoms with Crippen molar-refractivity contribution in [1.82, 2.24) is 5.32 Å². The van der Waals surface area contributed by atoms with Gasteiger partial charge in [-0.15, -0.1) is 0 Å². The highest BCUT2D eigenvalue weighted by molar-refractivity contribution is 5.83. The van der Waals surface area contributed by atoms with Gasteiger partial charge >= 0.3 is 0 Å². The van der Waals surface area contributed by atoms with E-state index in [2.05, 4.69) is 10.6 Å². The van der Waals surface area contributed by atoms with E-state index in [9.17, 15) is 4.79 Å². The third-order valence-corrected chi connectivity index (χ3v) is 6.78. The van der Waals surface area contributed by atoms with Crippen molar-refractivity contribution >= 4 is 5.69 Å². The largest absolute Gasteiger partial charge is 0.497 e. The maximum absolute atomic E-state index is 13.4. The Morgan fingerprint density at radius 1 is 0.838 bits per heavy atom. The molecule has 1 aliphatic rings. The van der Waals surface area contributed by atoms with Crippen molar-refractivity contribution in [3.63, 3.8) is 0 Å². The first-order valence-electron chi connectivity index (χ1n) is 12.1. The summed E-state index contributed by atoms with van der Waals surface area (Å²) in [4.78, 5) is 13.4. The predicted molar refractivity (Wildman–Crippen MR) is 145 cm³/mol. The molecular formula is C29H34N2O6. The lowest BCUT2D eigenvalue weighted by molar-refractivity contribution is 0.324. The van der Waals surface area contributed by atoms with Crippen LogP contribution in [0.15, 0.2) is 47.3 Å². The minimum atomic E-state index is -0.0979. The van der Waals surface area contributed by atoms with Crippen LogP contribution < -0.4 is 39.7 Å². The monoisotopic (exact) mass is 506 g/mol. The summed E-state index contributed by atoms with van der Waals surface area (Å²) in [6.45, 7) is 0.428. The van der Waals surface area contributed by atoms with Gasteiger partial charge in [-0.3, -0.25) is 4.79 Å². The van der Waals surface area contributed by atoms with Gasteiger partial charge in [0.2, 0.25) is 11.2 Å². The van der Waals surface area contributed by atoms with E-state index in [-0.39, 0.29) is 11.5 Å². The molecule has 0 heterocycles. The molecule has 0 fully saturated rings. The van der Waals surface area contributed by atoms with Gasteiger partial charge in [0.1, 0.15) is 11.5 Å². The molecule has 1 aliphatic carbocycles. The molecule has 37 heavy (non-hydrogen) atoms. The highest BCUT2D eigenvalue weighted by atomic mass is 16.5. The topological polar surface area (TPSA) is 87.3 Å². The fourth-order valence-electron chi connectivity index (χ4n) is 4.92. The number of hydrogen-bond donors (Lipinski definition) is 2. The number of fused-ring (bicyclic) bond motifs is 3. The first-order valence-corrected chi connectivity index (χ1v) is 12.1. The predicted octanol–water partition coefficient (Wildman–Crippen LogP) is 4.58. The Labute approximate surface area is 217 Å². The maximum Gasteiger partial charge on any atom is 0.203 e. The van der Waals surface area contributed by atoms with Crippen molar-refractivity contribution in [1.29, 1.82) is 0 Å². The average molecular weight is 507 g/mol. The Morgan fingerprint density at radius 3 is 2.14 bits per heavy atom. The molecule has 0 unspecified atom stereocenters. The molecule has 0 saturated heterocycles. The van der Waals surface area contributed by atoms with Crippen molar-refractivity contribution in [3.8, 4) is 39.9 Å². The van der Waals surface area contributed by atoms with Crippen molar-refractivity contribution in [3.05, 3.63) is 69.4 Å². The Bertz CT molecular complexity index is 1320. The van der Waals surface area contributed by atoms with Gasteiger partial charge in [0.15, 0.2) is 11.5 Å². The second-order valence-corrected chi connectivity index (χ2v) is 8.76. The summed E-state index contributed by atoms with van der Waals surface area (Å²) in [5, 5.41) is 6.68. The number of hydrogen-bond acceptors (Lipinski definition) is 8. The van der Waals surface area contributed by atoms with Gasteiger partial charge in [0, 0.05) is 24.2 Å². The normalized spacial score (nSPS) is 14.1. The van der Waals surface area contributed by atoms with Gasteiger partial charge in [0.05, 0.1) is 41.2 Å². The van der Waals surface area contributed by atoms with Gasteiger partial charge in [-0.1, -0.05) is 6.07 Å². The first kappa shape index (κ1) is 26.2. The third kappa shape index (κ3) is 5.15. The highest BCUT2D eigenvalue weighted by Gasteiger charge is 2.28. The minimum absolute atomic E-state index is 0.0142. The molecule has 0 radical (unpaired) electrons. The lowest BCUT2D eigenvalue weighted by Gasteiger charge is -2.19. The molecule has 1 atom stereocenters. The molecule has 3 aromatic rings. The van der Waals surface area contributed by atoms with Crippen LogP contribution in [0.4, 0.5) is 5.69 Å². The van der Waals surface area contributed by atoms with Gasteiger partial charge in [-0.25, -0.2) is 0 Å². The number of rotatable bonds is 9. The van der Waals surface area contributed by atoms with Crippen LogP contribution in [0, 0.1) is 0 Å². The summed E-state index contributed by atoms with van der Waals surface area (Å²) in [6, 6.07) is 13.2. The zero-order valence-corrected chi connectivity index (χ0v) is 22.2. The molecule has 0 saturated carbocycles. The lowest BCUT2D eigenvalue weighted by atomic mass is 9.95. The molecule has 196 valence electrons. The van der Waals surface area contributed by atoms with Crippen LogP contribution in [0.5, 0.6) is 28.7 Å². The van der Waals surface area contributed by atoms with Crippen LogP contribution in [0.25, 0.3) is 11.1 Å². The summed E-state index contributed by atoms with van der Waals surface area (Å²) in [6.07, 6.45) is 1.60. The number of ether oxygens (including phenoxy) is 5. The summed E-state index contributed by atoms with van der Waals surface area (Å²) in [5.74, 6) is 3.11. The second kappa shape index (κ2) is 11.4. The molecule has 4 rings (SSSR count). The van der Waals surface area contributed by atoms with E-state index < -0.39 is 0 Å². The third-order valence-electron chi connectivity index (χ3n) is 6.78. The zero-order valence-electron chi connectivity index (χ0n) is 22.2. The molecule has 0 bridgehead atoms. The smallest absolute Gasteiger partial charge is 0.203 e. The van der Waals surface area contributed by atoms with Crippen molar-refractivity contribution < 1.29 is 23.7 Å². The SMILES string of the molecule is CN[C@H]1CCc2cc(OC)c(OC)c(OC)c2-c2ccc(NCc3cc(OC)cc(OC)c3)c(=O)cc21. The van der Waals surface area contributed by atoms with Crippen LogP contribution >= 0.6 is 0 Å². The molecule has 8 heteroatoms. The van der Waals surface area contributed by atoms with Crippen LogP contribution in [0.2, 0.25) is 0 Å². The molecule has 3 aromatic carbocycles. The quantitative estimate of drug-likeness (QED) is 0.436. The highest BCUT2D eigenvalue weighted by Crippen LogP contribution is 2.50. The summed E-state index contributed by atoms with van der Waals surface area (Å²) in [5.41, 5.74) is 5.13. The first-order chi connectivity index (χ1) is 18.0. The average Bonchev–Trinajstić information content (AvgIpc) is 3.18. The zero-order chi connectivity index (χ0) is 26.5.